The van der Waals surface area contributed by atoms with Gasteiger partial charge in [-0.25, -0.2) is 0 Å². The highest BCUT2D eigenvalue weighted by Crippen LogP contribution is 2.25. The van der Waals surface area contributed by atoms with Crippen LogP contribution in [-0.4, -0.2) is 12.5 Å². The molecule has 0 saturated carbocycles. The second-order valence-electron chi connectivity index (χ2n) is 6.92. The van der Waals surface area contributed by atoms with Crippen LogP contribution in [-0.2, 0) is 24.2 Å². The minimum atomic E-state index is -0.164. The molecule has 4 nitrogen and oxygen atoms in total. The minimum Gasteiger partial charge on any atom is -0.489 e. The summed E-state index contributed by atoms with van der Waals surface area (Å²) in [6, 6.07) is 23.4. The Balaban J connectivity index is 1.24. The third-order valence-electron chi connectivity index (χ3n) is 4.82. The standard InChI is InChI=1S/C24H23NO3/c26-24(25-21-10-9-19-7-4-8-20(19)15-21)17-28-23-13-11-22(12-14-23)27-16-18-5-2-1-3-6-18/h1-3,5-6,9-15H,4,7-8,16-17H2,(H,25,26). The van der Waals surface area contributed by atoms with Crippen LogP contribution in [0.25, 0.3) is 0 Å². The molecule has 0 radical (unpaired) electrons. The van der Waals surface area contributed by atoms with Crippen LogP contribution in [0.1, 0.15) is 23.1 Å². The van der Waals surface area contributed by atoms with E-state index >= 15 is 0 Å². The molecule has 0 aliphatic heterocycles. The summed E-state index contributed by atoms with van der Waals surface area (Å²) < 4.78 is 11.3. The van der Waals surface area contributed by atoms with Gasteiger partial charge in [0, 0.05) is 5.69 Å². The molecule has 1 N–H and O–H groups in total. The Morgan fingerprint density at radius 2 is 1.54 bits per heavy atom. The van der Waals surface area contributed by atoms with E-state index in [4.69, 9.17) is 9.47 Å². The maximum Gasteiger partial charge on any atom is 0.262 e. The molecule has 3 aromatic carbocycles. The topological polar surface area (TPSA) is 47.6 Å². The molecule has 28 heavy (non-hydrogen) atoms. The first-order valence-corrected chi connectivity index (χ1v) is 9.57. The zero-order valence-electron chi connectivity index (χ0n) is 15.7. The fourth-order valence-electron chi connectivity index (χ4n) is 3.37. The summed E-state index contributed by atoms with van der Waals surface area (Å²) in [6.07, 6.45) is 3.42. The number of rotatable bonds is 7. The lowest BCUT2D eigenvalue weighted by atomic mass is 10.1. The van der Waals surface area contributed by atoms with Crippen molar-refractivity contribution in [3.63, 3.8) is 0 Å². The van der Waals surface area contributed by atoms with Gasteiger partial charge in [0.25, 0.3) is 5.91 Å². The summed E-state index contributed by atoms with van der Waals surface area (Å²) in [5.41, 5.74) is 4.68. The van der Waals surface area contributed by atoms with E-state index < -0.39 is 0 Å². The summed E-state index contributed by atoms with van der Waals surface area (Å²) >= 11 is 0. The highest BCUT2D eigenvalue weighted by Gasteiger charge is 2.12. The van der Waals surface area contributed by atoms with Gasteiger partial charge < -0.3 is 14.8 Å². The fraction of sp³-hybridized carbons (Fsp3) is 0.208. The van der Waals surface area contributed by atoms with Crippen molar-refractivity contribution in [3.8, 4) is 11.5 Å². The highest BCUT2D eigenvalue weighted by atomic mass is 16.5. The first-order chi connectivity index (χ1) is 13.8. The van der Waals surface area contributed by atoms with Crippen LogP contribution in [0.3, 0.4) is 0 Å². The fourth-order valence-corrected chi connectivity index (χ4v) is 3.37. The highest BCUT2D eigenvalue weighted by molar-refractivity contribution is 5.92. The largest absolute Gasteiger partial charge is 0.489 e. The molecular formula is C24H23NO3. The normalized spacial score (nSPS) is 12.3. The third kappa shape index (κ3) is 4.71. The zero-order valence-corrected chi connectivity index (χ0v) is 15.7. The van der Waals surface area contributed by atoms with Gasteiger partial charge in [-0.3, -0.25) is 4.79 Å². The van der Waals surface area contributed by atoms with E-state index in [1.165, 1.54) is 17.5 Å². The molecule has 0 unspecified atom stereocenters. The summed E-state index contributed by atoms with van der Waals surface area (Å²) in [5.74, 6) is 1.23. The number of hydrogen-bond donors (Lipinski definition) is 1. The Morgan fingerprint density at radius 3 is 2.32 bits per heavy atom. The van der Waals surface area contributed by atoms with E-state index in [1.54, 1.807) is 0 Å². The van der Waals surface area contributed by atoms with Gasteiger partial charge in [-0.05, 0) is 72.4 Å². The maximum atomic E-state index is 12.2. The van der Waals surface area contributed by atoms with Gasteiger partial charge in [0.05, 0.1) is 0 Å². The molecule has 1 aliphatic carbocycles. The first kappa shape index (κ1) is 18.1. The van der Waals surface area contributed by atoms with Crippen LogP contribution >= 0.6 is 0 Å². The molecule has 3 aromatic rings. The summed E-state index contributed by atoms with van der Waals surface area (Å²) in [6.45, 7) is 0.492. The predicted molar refractivity (Wildman–Crippen MR) is 110 cm³/mol. The molecule has 0 atom stereocenters. The number of amides is 1. The van der Waals surface area contributed by atoms with Gasteiger partial charge in [0.2, 0.25) is 0 Å². The van der Waals surface area contributed by atoms with E-state index in [9.17, 15) is 4.79 Å². The van der Waals surface area contributed by atoms with Crippen molar-refractivity contribution in [3.05, 3.63) is 89.5 Å². The van der Waals surface area contributed by atoms with Crippen LogP contribution in [0.15, 0.2) is 72.8 Å². The number of fused-ring (bicyclic) bond motifs is 1. The first-order valence-electron chi connectivity index (χ1n) is 9.57. The number of ether oxygens (including phenoxy) is 2. The Kier molecular flexibility index (Phi) is 5.57. The maximum absolute atomic E-state index is 12.2. The number of anilines is 1. The summed E-state index contributed by atoms with van der Waals surface area (Å²) in [4.78, 5) is 12.2. The Hall–Kier alpha value is -3.27. The monoisotopic (exact) mass is 373 g/mol. The quantitative estimate of drug-likeness (QED) is 0.649. The predicted octanol–water partition coefficient (Wildman–Crippen LogP) is 4.77. The van der Waals surface area contributed by atoms with Gasteiger partial charge in [-0.1, -0.05) is 36.4 Å². The van der Waals surface area contributed by atoms with Gasteiger partial charge in [0.15, 0.2) is 6.61 Å². The lowest BCUT2D eigenvalue weighted by Crippen LogP contribution is -2.20. The molecule has 0 spiro atoms. The van der Waals surface area contributed by atoms with E-state index in [1.807, 2.05) is 60.7 Å². The van der Waals surface area contributed by atoms with E-state index in [0.29, 0.717) is 12.4 Å². The van der Waals surface area contributed by atoms with Crippen molar-refractivity contribution in [1.29, 1.82) is 0 Å². The SMILES string of the molecule is O=C(COc1ccc(OCc2ccccc2)cc1)Nc1ccc2c(c1)CCC2. The molecule has 0 fully saturated rings. The van der Waals surface area contributed by atoms with Crippen molar-refractivity contribution >= 4 is 11.6 Å². The Labute approximate surface area is 165 Å². The second kappa shape index (κ2) is 8.61. The molecule has 1 amide bonds. The number of aryl methyl sites for hydroxylation is 2. The van der Waals surface area contributed by atoms with Gasteiger partial charge in [-0.2, -0.15) is 0 Å². The van der Waals surface area contributed by atoms with E-state index in [-0.39, 0.29) is 12.5 Å². The third-order valence-corrected chi connectivity index (χ3v) is 4.82. The van der Waals surface area contributed by atoms with Crippen LogP contribution in [0.2, 0.25) is 0 Å². The van der Waals surface area contributed by atoms with Gasteiger partial charge in [0.1, 0.15) is 18.1 Å². The molecule has 4 heteroatoms. The summed E-state index contributed by atoms with van der Waals surface area (Å²) in [7, 11) is 0. The second-order valence-corrected chi connectivity index (χ2v) is 6.92. The number of carbonyl (C=O) groups excluding carboxylic acids is 1. The smallest absolute Gasteiger partial charge is 0.262 e. The molecule has 0 bridgehead atoms. The van der Waals surface area contributed by atoms with Crippen molar-refractivity contribution in [2.24, 2.45) is 0 Å². The number of benzene rings is 3. The molecule has 0 aromatic heterocycles. The molecule has 0 heterocycles. The van der Waals surface area contributed by atoms with Crippen LogP contribution < -0.4 is 14.8 Å². The number of nitrogens with one attached hydrogen (secondary N) is 1. The van der Waals surface area contributed by atoms with Crippen molar-refractivity contribution in [2.45, 2.75) is 25.9 Å². The average Bonchev–Trinajstić information content (AvgIpc) is 3.20. The van der Waals surface area contributed by atoms with Crippen LogP contribution in [0, 0.1) is 0 Å². The van der Waals surface area contributed by atoms with Crippen molar-refractivity contribution in [2.75, 3.05) is 11.9 Å². The number of carbonyl (C=O) groups is 1. The van der Waals surface area contributed by atoms with E-state index in [0.717, 1.165) is 29.8 Å². The summed E-state index contributed by atoms with van der Waals surface area (Å²) in [5, 5.41) is 2.90. The molecule has 0 saturated heterocycles. The molecule has 4 rings (SSSR count). The molecule has 142 valence electrons. The van der Waals surface area contributed by atoms with Gasteiger partial charge in [-0.15, -0.1) is 0 Å². The van der Waals surface area contributed by atoms with Crippen molar-refractivity contribution in [1.82, 2.24) is 0 Å². The lowest BCUT2D eigenvalue weighted by Gasteiger charge is -2.10. The zero-order chi connectivity index (χ0) is 19.2. The van der Waals surface area contributed by atoms with Crippen molar-refractivity contribution < 1.29 is 14.3 Å². The average molecular weight is 373 g/mol. The van der Waals surface area contributed by atoms with Crippen LogP contribution in [0.5, 0.6) is 11.5 Å². The Morgan fingerprint density at radius 1 is 0.821 bits per heavy atom. The van der Waals surface area contributed by atoms with E-state index in [2.05, 4.69) is 17.4 Å². The van der Waals surface area contributed by atoms with Crippen LogP contribution in [0.4, 0.5) is 5.69 Å². The lowest BCUT2D eigenvalue weighted by molar-refractivity contribution is -0.118. The molecule has 1 aliphatic rings. The minimum absolute atomic E-state index is 0.0265. The van der Waals surface area contributed by atoms with Gasteiger partial charge >= 0.3 is 0 Å². The number of hydrogen-bond acceptors (Lipinski definition) is 3. The Bertz CT molecular complexity index is 936. The molecular weight excluding hydrogens is 350 g/mol.